The minimum atomic E-state index is -0.449. The van der Waals surface area contributed by atoms with Gasteiger partial charge in [0.15, 0.2) is 16.6 Å². The van der Waals surface area contributed by atoms with Crippen LogP contribution in [0.3, 0.4) is 0 Å². The molecule has 150 valence electrons. The third-order valence-electron chi connectivity index (χ3n) is 4.16. The number of ether oxygens (including phenoxy) is 3. The predicted molar refractivity (Wildman–Crippen MR) is 115 cm³/mol. The molecule has 0 amide bonds. The van der Waals surface area contributed by atoms with Crippen LogP contribution in [0.25, 0.3) is 0 Å². The van der Waals surface area contributed by atoms with Crippen LogP contribution < -0.4 is 20.1 Å². The predicted octanol–water partition coefficient (Wildman–Crippen LogP) is 4.58. The van der Waals surface area contributed by atoms with E-state index in [1.165, 1.54) is 7.11 Å². The Kier molecular flexibility index (Phi) is 7.90. The summed E-state index contributed by atoms with van der Waals surface area (Å²) in [6.45, 7) is 2.04. The molecule has 0 radical (unpaired) electrons. The number of nitrogens with one attached hydrogen (secondary N) is 2. The summed E-state index contributed by atoms with van der Waals surface area (Å²) < 4.78 is 15.4. The van der Waals surface area contributed by atoms with E-state index in [0.717, 1.165) is 12.0 Å². The number of halogens is 1. The Hall–Kier alpha value is -2.51. The zero-order valence-corrected chi connectivity index (χ0v) is 17.7. The Morgan fingerprint density at radius 3 is 2.43 bits per heavy atom. The third kappa shape index (κ3) is 5.27. The summed E-state index contributed by atoms with van der Waals surface area (Å²) in [5, 5.41) is 7.12. The Morgan fingerprint density at radius 1 is 1.11 bits per heavy atom. The Morgan fingerprint density at radius 2 is 1.82 bits per heavy atom. The number of hydrogen-bond donors (Lipinski definition) is 2. The Labute approximate surface area is 175 Å². The highest BCUT2D eigenvalue weighted by Crippen LogP contribution is 2.31. The maximum absolute atomic E-state index is 11.7. The molecule has 0 saturated carbocycles. The van der Waals surface area contributed by atoms with Crippen molar-refractivity contribution in [3.05, 3.63) is 52.5 Å². The number of methoxy groups -OCH3 is 3. The lowest BCUT2D eigenvalue weighted by Crippen LogP contribution is -2.32. The van der Waals surface area contributed by atoms with Gasteiger partial charge in [0.2, 0.25) is 0 Å². The molecular formula is C20H23ClN2O4S. The monoisotopic (exact) mass is 422 g/mol. The fraction of sp³-hybridized carbons (Fsp3) is 0.300. The molecule has 1 atom stereocenters. The van der Waals surface area contributed by atoms with Gasteiger partial charge in [-0.05, 0) is 54.5 Å². The number of thiocarbonyl (C=S) groups is 1. The second kappa shape index (κ2) is 10.1. The second-order valence-electron chi connectivity index (χ2n) is 5.86. The van der Waals surface area contributed by atoms with Crippen molar-refractivity contribution in [3.8, 4) is 11.5 Å². The third-order valence-corrected chi connectivity index (χ3v) is 4.71. The van der Waals surface area contributed by atoms with Crippen LogP contribution in [0.4, 0.5) is 5.69 Å². The van der Waals surface area contributed by atoms with Gasteiger partial charge in [-0.1, -0.05) is 24.6 Å². The van der Waals surface area contributed by atoms with Crippen molar-refractivity contribution in [2.45, 2.75) is 19.4 Å². The molecule has 2 aromatic rings. The van der Waals surface area contributed by atoms with Crippen molar-refractivity contribution in [1.82, 2.24) is 5.32 Å². The van der Waals surface area contributed by atoms with Crippen molar-refractivity contribution in [1.29, 1.82) is 0 Å². The number of benzene rings is 2. The lowest BCUT2D eigenvalue weighted by molar-refractivity contribution is 0.0601. The molecule has 0 bridgehead atoms. The highest BCUT2D eigenvalue weighted by Gasteiger charge is 2.15. The van der Waals surface area contributed by atoms with Crippen molar-refractivity contribution >= 4 is 40.6 Å². The van der Waals surface area contributed by atoms with Crippen LogP contribution in [-0.2, 0) is 4.74 Å². The lowest BCUT2D eigenvalue weighted by atomic mass is 10.0. The fourth-order valence-corrected chi connectivity index (χ4v) is 3.09. The summed E-state index contributed by atoms with van der Waals surface area (Å²) in [5.41, 5.74) is 1.90. The minimum Gasteiger partial charge on any atom is -0.493 e. The first-order valence-electron chi connectivity index (χ1n) is 8.60. The van der Waals surface area contributed by atoms with Gasteiger partial charge in [0, 0.05) is 0 Å². The zero-order valence-electron chi connectivity index (χ0n) is 16.2. The summed E-state index contributed by atoms with van der Waals surface area (Å²) >= 11 is 11.6. The molecule has 2 aromatic carbocycles. The number of esters is 1. The molecule has 0 saturated heterocycles. The summed E-state index contributed by atoms with van der Waals surface area (Å²) in [4.78, 5) is 11.7. The van der Waals surface area contributed by atoms with Crippen LogP contribution in [-0.4, -0.2) is 32.4 Å². The number of anilines is 1. The van der Waals surface area contributed by atoms with Crippen molar-refractivity contribution in [2.24, 2.45) is 0 Å². The summed E-state index contributed by atoms with van der Waals surface area (Å²) in [5.74, 6) is 0.858. The van der Waals surface area contributed by atoms with Crippen molar-refractivity contribution in [2.75, 3.05) is 26.6 Å². The quantitative estimate of drug-likeness (QED) is 0.499. The Bertz CT molecular complexity index is 860. The second-order valence-corrected chi connectivity index (χ2v) is 6.68. The average molecular weight is 423 g/mol. The molecule has 0 aliphatic carbocycles. The Balaban J connectivity index is 2.16. The average Bonchev–Trinajstić information content (AvgIpc) is 2.72. The normalized spacial score (nSPS) is 11.3. The summed E-state index contributed by atoms with van der Waals surface area (Å²) in [7, 11) is 4.52. The number of carbonyl (C=O) groups excluding carboxylic acids is 1. The van der Waals surface area contributed by atoms with Crippen LogP contribution in [0.5, 0.6) is 11.5 Å². The fourth-order valence-electron chi connectivity index (χ4n) is 2.67. The highest BCUT2D eigenvalue weighted by atomic mass is 35.5. The maximum Gasteiger partial charge on any atom is 0.337 e. The summed E-state index contributed by atoms with van der Waals surface area (Å²) in [6.07, 6.45) is 0.785. The molecule has 0 aromatic heterocycles. The van der Waals surface area contributed by atoms with Gasteiger partial charge in [-0.25, -0.2) is 4.79 Å². The molecule has 0 spiro atoms. The van der Waals surface area contributed by atoms with Crippen LogP contribution >= 0.6 is 23.8 Å². The molecule has 2 rings (SSSR count). The van der Waals surface area contributed by atoms with E-state index in [2.05, 4.69) is 10.6 Å². The number of carbonyl (C=O) groups is 1. The molecule has 0 aliphatic rings. The van der Waals surface area contributed by atoms with E-state index in [4.69, 9.17) is 38.0 Å². The van der Waals surface area contributed by atoms with E-state index in [1.54, 1.807) is 32.4 Å². The first kappa shape index (κ1) is 21.8. The first-order valence-corrected chi connectivity index (χ1v) is 9.39. The largest absolute Gasteiger partial charge is 0.493 e. The van der Waals surface area contributed by atoms with E-state index in [-0.39, 0.29) is 6.04 Å². The van der Waals surface area contributed by atoms with Gasteiger partial charge in [0.25, 0.3) is 0 Å². The SMILES string of the molecule is CC[C@H](NC(=S)Nc1cc(C(=O)OC)ccc1Cl)c1ccc(OC)c(OC)c1. The van der Waals surface area contributed by atoms with Crippen LogP contribution in [0, 0.1) is 0 Å². The highest BCUT2D eigenvalue weighted by molar-refractivity contribution is 7.80. The minimum absolute atomic E-state index is 0.0534. The van der Waals surface area contributed by atoms with Crippen LogP contribution in [0.2, 0.25) is 5.02 Å². The van der Waals surface area contributed by atoms with Crippen LogP contribution in [0.15, 0.2) is 36.4 Å². The van der Waals surface area contributed by atoms with E-state index in [0.29, 0.717) is 32.9 Å². The van der Waals surface area contributed by atoms with Gasteiger partial charge >= 0.3 is 5.97 Å². The van der Waals surface area contributed by atoms with E-state index in [9.17, 15) is 4.79 Å². The first-order chi connectivity index (χ1) is 13.4. The van der Waals surface area contributed by atoms with Gasteiger partial charge in [0.1, 0.15) is 0 Å². The summed E-state index contributed by atoms with van der Waals surface area (Å²) in [6, 6.07) is 10.5. The van der Waals surface area contributed by atoms with Crippen molar-refractivity contribution in [3.63, 3.8) is 0 Å². The molecule has 2 N–H and O–H groups in total. The lowest BCUT2D eigenvalue weighted by Gasteiger charge is -2.21. The maximum atomic E-state index is 11.7. The van der Waals surface area contributed by atoms with Gasteiger partial charge in [0.05, 0.1) is 43.6 Å². The molecule has 28 heavy (non-hydrogen) atoms. The topological polar surface area (TPSA) is 68.8 Å². The number of rotatable bonds is 7. The van der Waals surface area contributed by atoms with Crippen LogP contribution in [0.1, 0.15) is 35.3 Å². The van der Waals surface area contributed by atoms with E-state index < -0.39 is 5.97 Å². The van der Waals surface area contributed by atoms with Crippen molar-refractivity contribution < 1.29 is 19.0 Å². The molecule has 0 heterocycles. The molecule has 0 aliphatic heterocycles. The standard InChI is InChI=1S/C20H23ClN2O4S/c1-5-15(12-7-9-17(25-2)18(11-12)26-3)22-20(28)23-16-10-13(19(24)27-4)6-8-14(16)21/h6-11,15H,5H2,1-4H3,(H2,22,23,28)/t15-/m0/s1. The van der Waals surface area contributed by atoms with Gasteiger partial charge in [-0.3, -0.25) is 0 Å². The van der Waals surface area contributed by atoms with E-state index >= 15 is 0 Å². The molecule has 0 unspecified atom stereocenters. The van der Waals surface area contributed by atoms with Gasteiger partial charge in [-0.2, -0.15) is 0 Å². The van der Waals surface area contributed by atoms with Gasteiger partial charge < -0.3 is 24.8 Å². The van der Waals surface area contributed by atoms with E-state index in [1.807, 2.05) is 25.1 Å². The zero-order chi connectivity index (χ0) is 20.7. The molecular weight excluding hydrogens is 400 g/mol. The van der Waals surface area contributed by atoms with Gasteiger partial charge in [-0.15, -0.1) is 0 Å². The number of hydrogen-bond acceptors (Lipinski definition) is 5. The molecule has 6 nitrogen and oxygen atoms in total. The smallest absolute Gasteiger partial charge is 0.337 e. The molecule has 8 heteroatoms. The molecule has 0 fully saturated rings.